The van der Waals surface area contributed by atoms with Crippen LogP contribution in [0.5, 0.6) is 5.75 Å². The molecule has 0 saturated carbocycles. The van der Waals surface area contributed by atoms with E-state index in [0.29, 0.717) is 11.1 Å². The maximum absolute atomic E-state index is 12.1. The van der Waals surface area contributed by atoms with E-state index in [1.165, 1.54) is 36.7 Å². The molecule has 82 valence electrons. The van der Waals surface area contributed by atoms with Crippen molar-refractivity contribution < 1.29 is 14.7 Å². The van der Waals surface area contributed by atoms with E-state index in [2.05, 4.69) is 4.98 Å². The lowest BCUT2D eigenvalue weighted by Gasteiger charge is -2.16. The van der Waals surface area contributed by atoms with Gasteiger partial charge in [-0.1, -0.05) is 0 Å². The molecular formula is C13H7NO3. The number of carbonyl (C=O) groups is 2. The molecule has 0 fully saturated rings. The SMILES string of the molecule is O=C1c2ccncc2C(=O)c2cc(O)ccc21. The zero-order chi connectivity index (χ0) is 12.0. The van der Waals surface area contributed by atoms with Gasteiger partial charge in [0.1, 0.15) is 5.75 Å². The molecule has 1 heterocycles. The smallest absolute Gasteiger partial charge is 0.196 e. The molecule has 0 bridgehead atoms. The predicted octanol–water partition coefficient (Wildman–Crippen LogP) is 1.56. The van der Waals surface area contributed by atoms with Gasteiger partial charge in [-0.05, 0) is 24.3 Å². The molecule has 1 aliphatic carbocycles. The number of hydrogen-bond donors (Lipinski definition) is 1. The Bertz CT molecular complexity index is 661. The fourth-order valence-corrected chi connectivity index (χ4v) is 1.98. The molecular weight excluding hydrogens is 218 g/mol. The Hall–Kier alpha value is -2.49. The number of rotatable bonds is 0. The summed E-state index contributed by atoms with van der Waals surface area (Å²) < 4.78 is 0. The number of nitrogens with zero attached hydrogens (tertiary/aromatic N) is 1. The van der Waals surface area contributed by atoms with Crippen molar-refractivity contribution in [3.8, 4) is 5.75 Å². The molecule has 17 heavy (non-hydrogen) atoms. The summed E-state index contributed by atoms with van der Waals surface area (Å²) in [5, 5.41) is 9.36. The van der Waals surface area contributed by atoms with Gasteiger partial charge < -0.3 is 5.11 Å². The monoisotopic (exact) mass is 225 g/mol. The second-order valence-electron chi connectivity index (χ2n) is 3.81. The van der Waals surface area contributed by atoms with E-state index >= 15 is 0 Å². The van der Waals surface area contributed by atoms with Crippen LogP contribution < -0.4 is 0 Å². The predicted molar refractivity (Wildman–Crippen MR) is 59.2 cm³/mol. The highest BCUT2D eigenvalue weighted by molar-refractivity contribution is 6.28. The summed E-state index contributed by atoms with van der Waals surface area (Å²) >= 11 is 0. The summed E-state index contributed by atoms with van der Waals surface area (Å²) in [6, 6.07) is 5.71. The van der Waals surface area contributed by atoms with Gasteiger partial charge >= 0.3 is 0 Å². The molecule has 3 rings (SSSR count). The van der Waals surface area contributed by atoms with Crippen molar-refractivity contribution in [2.75, 3.05) is 0 Å². The molecule has 1 aliphatic rings. The third kappa shape index (κ3) is 1.27. The van der Waals surface area contributed by atoms with Gasteiger partial charge in [0.15, 0.2) is 11.6 Å². The van der Waals surface area contributed by atoms with E-state index in [4.69, 9.17) is 0 Å². The minimum Gasteiger partial charge on any atom is -0.508 e. The van der Waals surface area contributed by atoms with Crippen LogP contribution in [0.1, 0.15) is 31.8 Å². The van der Waals surface area contributed by atoms with Crippen LogP contribution in [-0.2, 0) is 0 Å². The van der Waals surface area contributed by atoms with Gasteiger partial charge in [0.05, 0.1) is 5.56 Å². The topological polar surface area (TPSA) is 67.3 Å². The number of phenols is 1. The number of carbonyl (C=O) groups excluding carboxylic acids is 2. The minimum atomic E-state index is -0.279. The first kappa shape index (κ1) is 9.72. The zero-order valence-electron chi connectivity index (χ0n) is 8.68. The molecule has 0 amide bonds. The summed E-state index contributed by atoms with van der Waals surface area (Å²) in [7, 11) is 0. The second kappa shape index (κ2) is 3.25. The van der Waals surface area contributed by atoms with Crippen molar-refractivity contribution in [2.24, 2.45) is 0 Å². The Morgan fingerprint density at radius 1 is 0.882 bits per heavy atom. The van der Waals surface area contributed by atoms with E-state index < -0.39 is 0 Å². The molecule has 0 spiro atoms. The quantitative estimate of drug-likeness (QED) is 0.630. The molecule has 4 nitrogen and oxygen atoms in total. The number of fused-ring (bicyclic) bond motifs is 2. The Morgan fingerprint density at radius 3 is 2.41 bits per heavy atom. The van der Waals surface area contributed by atoms with Crippen molar-refractivity contribution in [3.05, 3.63) is 58.9 Å². The molecule has 1 N–H and O–H groups in total. The average Bonchev–Trinajstić information content (AvgIpc) is 2.36. The van der Waals surface area contributed by atoms with Gasteiger partial charge in [0.25, 0.3) is 0 Å². The van der Waals surface area contributed by atoms with Crippen molar-refractivity contribution in [1.29, 1.82) is 0 Å². The van der Waals surface area contributed by atoms with Crippen LogP contribution in [0.15, 0.2) is 36.7 Å². The summed E-state index contributed by atoms with van der Waals surface area (Å²) in [5.41, 5.74) is 1.21. The molecule has 2 aromatic rings. The first-order valence-electron chi connectivity index (χ1n) is 5.05. The van der Waals surface area contributed by atoms with E-state index in [0.717, 1.165) is 0 Å². The molecule has 1 aromatic heterocycles. The van der Waals surface area contributed by atoms with Gasteiger partial charge in [0, 0.05) is 29.1 Å². The van der Waals surface area contributed by atoms with Crippen LogP contribution >= 0.6 is 0 Å². The summed E-state index contributed by atoms with van der Waals surface area (Å²) in [4.78, 5) is 28.0. The largest absolute Gasteiger partial charge is 0.508 e. The molecule has 0 saturated heterocycles. The Morgan fingerprint density at radius 2 is 1.59 bits per heavy atom. The highest BCUT2D eigenvalue weighted by Gasteiger charge is 2.29. The highest BCUT2D eigenvalue weighted by Crippen LogP contribution is 2.28. The molecule has 0 atom stereocenters. The standard InChI is InChI=1S/C13H7NO3/c15-7-1-2-8-10(5-7)13(17)11-6-14-4-3-9(11)12(8)16/h1-6,15H. The van der Waals surface area contributed by atoms with E-state index in [1.54, 1.807) is 0 Å². The summed E-state index contributed by atoms with van der Waals surface area (Å²) in [5.74, 6) is -0.521. The van der Waals surface area contributed by atoms with Gasteiger partial charge in [0.2, 0.25) is 0 Å². The Balaban J connectivity index is 2.33. The average molecular weight is 225 g/mol. The number of ketones is 2. The zero-order valence-corrected chi connectivity index (χ0v) is 8.68. The van der Waals surface area contributed by atoms with Crippen molar-refractivity contribution in [2.45, 2.75) is 0 Å². The minimum absolute atomic E-state index is 0.0303. The van der Waals surface area contributed by atoms with Crippen molar-refractivity contribution in [3.63, 3.8) is 0 Å². The molecule has 0 unspecified atom stereocenters. The van der Waals surface area contributed by atoms with Crippen LogP contribution in [0.25, 0.3) is 0 Å². The number of hydrogen-bond acceptors (Lipinski definition) is 4. The van der Waals surface area contributed by atoms with Crippen LogP contribution in [-0.4, -0.2) is 21.7 Å². The molecule has 4 heteroatoms. The lowest BCUT2D eigenvalue weighted by Crippen LogP contribution is -2.20. The number of pyridine rings is 1. The van der Waals surface area contributed by atoms with Crippen LogP contribution in [0, 0.1) is 0 Å². The summed E-state index contributed by atoms with van der Waals surface area (Å²) in [6.45, 7) is 0. The van der Waals surface area contributed by atoms with Crippen LogP contribution in [0.2, 0.25) is 0 Å². The number of aromatic hydroxyl groups is 1. The fourth-order valence-electron chi connectivity index (χ4n) is 1.98. The van der Waals surface area contributed by atoms with Crippen molar-refractivity contribution in [1.82, 2.24) is 4.98 Å². The second-order valence-corrected chi connectivity index (χ2v) is 3.81. The molecule has 0 radical (unpaired) electrons. The molecule has 0 aliphatic heterocycles. The van der Waals surface area contributed by atoms with Crippen LogP contribution in [0.3, 0.4) is 0 Å². The Labute approximate surface area is 96.5 Å². The lowest BCUT2D eigenvalue weighted by molar-refractivity contribution is 0.0978. The number of phenolic OH excluding ortho intramolecular Hbond substituents is 1. The van der Waals surface area contributed by atoms with Gasteiger partial charge in [-0.25, -0.2) is 0 Å². The van der Waals surface area contributed by atoms with E-state index in [9.17, 15) is 14.7 Å². The van der Waals surface area contributed by atoms with Gasteiger partial charge in [-0.3, -0.25) is 14.6 Å². The fraction of sp³-hybridized carbons (Fsp3) is 0. The number of benzene rings is 1. The first-order chi connectivity index (χ1) is 8.18. The van der Waals surface area contributed by atoms with Gasteiger partial charge in [-0.15, -0.1) is 0 Å². The van der Waals surface area contributed by atoms with E-state index in [-0.39, 0.29) is 28.4 Å². The first-order valence-corrected chi connectivity index (χ1v) is 5.05. The maximum atomic E-state index is 12.1. The van der Waals surface area contributed by atoms with E-state index in [1.807, 2.05) is 0 Å². The Kier molecular flexibility index (Phi) is 1.86. The third-order valence-corrected chi connectivity index (χ3v) is 2.80. The maximum Gasteiger partial charge on any atom is 0.196 e. The highest BCUT2D eigenvalue weighted by atomic mass is 16.3. The molecule has 1 aromatic carbocycles. The van der Waals surface area contributed by atoms with Crippen molar-refractivity contribution >= 4 is 11.6 Å². The summed E-state index contributed by atoms with van der Waals surface area (Å²) in [6.07, 6.45) is 2.86. The van der Waals surface area contributed by atoms with Gasteiger partial charge in [-0.2, -0.15) is 0 Å². The van der Waals surface area contributed by atoms with Crippen LogP contribution in [0.4, 0.5) is 0 Å². The normalized spacial score (nSPS) is 13.2. The number of aromatic nitrogens is 1. The third-order valence-electron chi connectivity index (χ3n) is 2.80. The lowest BCUT2D eigenvalue weighted by atomic mass is 9.85.